The fourth-order valence-electron chi connectivity index (χ4n) is 1.81. The molecule has 2 N–H and O–H groups in total. The van der Waals surface area contributed by atoms with E-state index in [-0.39, 0.29) is 5.82 Å². The molecule has 82 valence electrons. The van der Waals surface area contributed by atoms with Crippen molar-refractivity contribution < 1.29 is 4.39 Å². The Morgan fingerprint density at radius 1 is 1.40 bits per heavy atom. The van der Waals surface area contributed by atoms with Crippen LogP contribution in [0.15, 0.2) is 18.3 Å². The monoisotopic (exact) mass is 209 g/mol. The summed E-state index contributed by atoms with van der Waals surface area (Å²) < 4.78 is 12.6. The number of hydrogen-bond acceptors (Lipinski definition) is 3. The van der Waals surface area contributed by atoms with Crippen molar-refractivity contribution in [3.63, 3.8) is 0 Å². The molecule has 4 heteroatoms. The maximum Gasteiger partial charge on any atom is 0.141 e. The van der Waals surface area contributed by atoms with Gasteiger partial charge in [-0.1, -0.05) is 6.42 Å². The van der Waals surface area contributed by atoms with Crippen molar-refractivity contribution in [1.82, 2.24) is 10.3 Å². The zero-order chi connectivity index (χ0) is 10.5. The van der Waals surface area contributed by atoms with Crippen molar-refractivity contribution in [3.05, 3.63) is 24.1 Å². The van der Waals surface area contributed by atoms with E-state index in [0.717, 1.165) is 25.3 Å². The minimum Gasteiger partial charge on any atom is -0.366 e. The van der Waals surface area contributed by atoms with Gasteiger partial charge in [-0.2, -0.15) is 0 Å². The van der Waals surface area contributed by atoms with Crippen LogP contribution in [0.2, 0.25) is 0 Å². The van der Waals surface area contributed by atoms with Gasteiger partial charge in [-0.3, -0.25) is 0 Å². The van der Waals surface area contributed by atoms with Gasteiger partial charge in [0.25, 0.3) is 0 Å². The summed E-state index contributed by atoms with van der Waals surface area (Å²) in [4.78, 5) is 3.99. The van der Waals surface area contributed by atoms with E-state index in [2.05, 4.69) is 15.6 Å². The average molecular weight is 209 g/mol. The van der Waals surface area contributed by atoms with Crippen LogP contribution in [0.4, 0.5) is 10.2 Å². The first-order chi connectivity index (χ1) is 7.34. The Balaban J connectivity index is 1.92. The van der Waals surface area contributed by atoms with Crippen LogP contribution in [0.3, 0.4) is 0 Å². The van der Waals surface area contributed by atoms with Gasteiger partial charge >= 0.3 is 0 Å². The van der Waals surface area contributed by atoms with Crippen molar-refractivity contribution >= 4 is 5.82 Å². The number of pyridine rings is 1. The first-order valence-electron chi connectivity index (χ1n) is 5.43. The van der Waals surface area contributed by atoms with Crippen molar-refractivity contribution in [1.29, 1.82) is 0 Å². The lowest BCUT2D eigenvalue weighted by molar-refractivity contribution is 0.616. The zero-order valence-corrected chi connectivity index (χ0v) is 8.67. The molecule has 2 heterocycles. The molecule has 0 aromatic carbocycles. The first kappa shape index (κ1) is 10.4. The Kier molecular flexibility index (Phi) is 3.50. The summed E-state index contributed by atoms with van der Waals surface area (Å²) in [7, 11) is 0. The van der Waals surface area contributed by atoms with E-state index >= 15 is 0 Å². The highest BCUT2D eigenvalue weighted by molar-refractivity contribution is 5.34. The Morgan fingerprint density at radius 3 is 3.13 bits per heavy atom. The van der Waals surface area contributed by atoms with E-state index in [0.29, 0.717) is 6.04 Å². The topological polar surface area (TPSA) is 37.0 Å². The molecule has 1 fully saturated rings. The first-order valence-corrected chi connectivity index (χ1v) is 5.43. The highest BCUT2D eigenvalue weighted by Gasteiger charge is 2.11. The molecule has 0 aliphatic carbocycles. The fraction of sp³-hybridized carbons (Fsp3) is 0.545. The van der Waals surface area contributed by atoms with E-state index in [1.165, 1.54) is 25.1 Å². The molecule has 0 bridgehead atoms. The van der Waals surface area contributed by atoms with Gasteiger partial charge in [0, 0.05) is 12.6 Å². The Morgan fingerprint density at radius 2 is 2.33 bits per heavy atom. The average Bonchev–Trinajstić information content (AvgIpc) is 2.50. The second kappa shape index (κ2) is 5.07. The molecule has 1 atom stereocenters. The maximum atomic E-state index is 12.6. The maximum absolute atomic E-state index is 12.6. The van der Waals surface area contributed by atoms with Crippen LogP contribution in [0.25, 0.3) is 0 Å². The van der Waals surface area contributed by atoms with Crippen LogP contribution < -0.4 is 10.6 Å². The molecular weight excluding hydrogens is 193 g/mol. The molecule has 1 aromatic heterocycles. The van der Waals surface area contributed by atoms with Crippen LogP contribution >= 0.6 is 0 Å². The van der Waals surface area contributed by atoms with Crippen LogP contribution in [0.5, 0.6) is 0 Å². The quantitative estimate of drug-likeness (QED) is 0.779. The largest absolute Gasteiger partial charge is 0.366 e. The van der Waals surface area contributed by atoms with E-state index in [4.69, 9.17) is 0 Å². The summed E-state index contributed by atoms with van der Waals surface area (Å²) in [5, 5.41) is 6.67. The zero-order valence-electron chi connectivity index (χ0n) is 8.67. The Hall–Kier alpha value is -1.16. The molecule has 1 aliphatic rings. The summed E-state index contributed by atoms with van der Waals surface area (Å²) in [6.45, 7) is 2.05. The molecule has 2 rings (SSSR count). The van der Waals surface area contributed by atoms with E-state index in [1.54, 1.807) is 6.07 Å². The minimum atomic E-state index is -0.292. The van der Waals surface area contributed by atoms with Gasteiger partial charge < -0.3 is 10.6 Å². The Bertz CT molecular complexity index is 291. The fourth-order valence-corrected chi connectivity index (χ4v) is 1.81. The van der Waals surface area contributed by atoms with Crippen molar-refractivity contribution in [3.8, 4) is 0 Å². The van der Waals surface area contributed by atoms with E-state index < -0.39 is 0 Å². The SMILES string of the molecule is Fc1ccc(NC2CCCCNC2)nc1. The summed E-state index contributed by atoms with van der Waals surface area (Å²) in [5.41, 5.74) is 0. The van der Waals surface area contributed by atoms with Crippen molar-refractivity contribution in [2.45, 2.75) is 25.3 Å². The predicted molar refractivity (Wildman–Crippen MR) is 58.3 cm³/mol. The number of anilines is 1. The second-order valence-corrected chi connectivity index (χ2v) is 3.90. The smallest absolute Gasteiger partial charge is 0.141 e. The third-order valence-electron chi connectivity index (χ3n) is 2.63. The van der Waals surface area contributed by atoms with Gasteiger partial charge in [-0.05, 0) is 31.5 Å². The second-order valence-electron chi connectivity index (χ2n) is 3.90. The van der Waals surface area contributed by atoms with Crippen molar-refractivity contribution in [2.75, 3.05) is 18.4 Å². The van der Waals surface area contributed by atoms with Crippen LogP contribution in [-0.4, -0.2) is 24.1 Å². The summed E-state index contributed by atoms with van der Waals surface area (Å²) in [5.74, 6) is 0.463. The molecule has 15 heavy (non-hydrogen) atoms. The molecular formula is C11H16FN3. The van der Waals surface area contributed by atoms with Gasteiger partial charge in [-0.15, -0.1) is 0 Å². The summed E-state index contributed by atoms with van der Waals surface area (Å²) in [6, 6.07) is 3.52. The van der Waals surface area contributed by atoms with E-state index in [9.17, 15) is 4.39 Å². The molecule has 1 aliphatic heterocycles. The van der Waals surface area contributed by atoms with Crippen molar-refractivity contribution in [2.24, 2.45) is 0 Å². The molecule has 1 aromatic rings. The highest BCUT2D eigenvalue weighted by atomic mass is 19.1. The standard InChI is InChI=1S/C11H16FN3/c12-9-4-5-11(14-7-9)15-10-3-1-2-6-13-8-10/h4-5,7,10,13H,1-3,6,8H2,(H,14,15). The van der Waals surface area contributed by atoms with Crippen LogP contribution in [0, 0.1) is 5.82 Å². The Labute approximate surface area is 89.1 Å². The molecule has 0 amide bonds. The number of halogens is 1. The predicted octanol–water partition coefficient (Wildman–Crippen LogP) is 1.77. The van der Waals surface area contributed by atoms with Crippen LogP contribution in [0.1, 0.15) is 19.3 Å². The summed E-state index contributed by atoms with van der Waals surface area (Å²) in [6.07, 6.45) is 4.85. The third-order valence-corrected chi connectivity index (χ3v) is 2.63. The van der Waals surface area contributed by atoms with Gasteiger partial charge in [0.15, 0.2) is 0 Å². The normalized spacial score (nSPS) is 22.1. The molecule has 0 saturated carbocycles. The van der Waals surface area contributed by atoms with Crippen LogP contribution in [-0.2, 0) is 0 Å². The van der Waals surface area contributed by atoms with Gasteiger partial charge in [0.2, 0.25) is 0 Å². The molecule has 1 unspecified atom stereocenters. The molecule has 0 spiro atoms. The number of hydrogen-bond donors (Lipinski definition) is 2. The number of nitrogens with one attached hydrogen (secondary N) is 2. The van der Waals surface area contributed by atoms with Gasteiger partial charge in [0.05, 0.1) is 6.20 Å². The van der Waals surface area contributed by atoms with Gasteiger partial charge in [0.1, 0.15) is 11.6 Å². The number of aromatic nitrogens is 1. The molecule has 1 saturated heterocycles. The summed E-state index contributed by atoms with van der Waals surface area (Å²) >= 11 is 0. The number of rotatable bonds is 2. The minimum absolute atomic E-state index is 0.292. The third kappa shape index (κ3) is 3.16. The lowest BCUT2D eigenvalue weighted by atomic mass is 10.1. The number of nitrogens with zero attached hydrogens (tertiary/aromatic N) is 1. The lowest BCUT2D eigenvalue weighted by Crippen LogP contribution is -2.31. The van der Waals surface area contributed by atoms with Gasteiger partial charge in [-0.25, -0.2) is 9.37 Å². The molecule has 3 nitrogen and oxygen atoms in total. The lowest BCUT2D eigenvalue weighted by Gasteiger charge is -2.16. The van der Waals surface area contributed by atoms with E-state index in [1.807, 2.05) is 0 Å². The molecule has 0 radical (unpaired) electrons. The highest BCUT2D eigenvalue weighted by Crippen LogP contribution is 2.10.